The van der Waals surface area contributed by atoms with Crippen LogP contribution in [0.5, 0.6) is 5.75 Å². The number of anilines is 2. The number of benzene rings is 3. The summed E-state index contributed by atoms with van der Waals surface area (Å²) >= 11 is 0. The van der Waals surface area contributed by atoms with E-state index in [2.05, 4.69) is 168 Å². The predicted molar refractivity (Wildman–Crippen MR) is 212 cm³/mol. The van der Waals surface area contributed by atoms with Gasteiger partial charge in [0.2, 0.25) is 0 Å². The maximum atomic E-state index is 6.78. The van der Waals surface area contributed by atoms with Gasteiger partial charge in [0.05, 0.1) is 23.1 Å². The molecule has 5 unspecified atom stereocenters. The Morgan fingerprint density at radius 3 is 2.31 bits per heavy atom. The fourth-order valence-electron chi connectivity index (χ4n) is 8.52. The van der Waals surface area contributed by atoms with Gasteiger partial charge in [-0.15, -0.1) is 0 Å². The van der Waals surface area contributed by atoms with Gasteiger partial charge in [-0.05, 0) is 66.7 Å². The van der Waals surface area contributed by atoms with E-state index >= 15 is 0 Å². The van der Waals surface area contributed by atoms with E-state index in [4.69, 9.17) is 14.7 Å². The monoisotopic (exact) mass is 676 g/mol. The van der Waals surface area contributed by atoms with Crippen LogP contribution in [0, 0.1) is 5.92 Å². The van der Waals surface area contributed by atoms with Crippen LogP contribution in [0.3, 0.4) is 0 Å². The van der Waals surface area contributed by atoms with Crippen LogP contribution in [0.25, 0.3) is 28.0 Å². The molecule has 6 aliphatic rings. The van der Waals surface area contributed by atoms with E-state index in [-0.39, 0.29) is 24.1 Å². The van der Waals surface area contributed by atoms with Gasteiger partial charge in [-0.2, -0.15) is 0 Å². The molecule has 5 heteroatoms. The number of hydrogen-bond acceptors (Lipinski definition) is 5. The summed E-state index contributed by atoms with van der Waals surface area (Å²) in [6.45, 7) is 0. The zero-order chi connectivity index (χ0) is 34.4. The molecule has 5 nitrogen and oxygen atoms in total. The van der Waals surface area contributed by atoms with E-state index in [0.717, 1.165) is 65.5 Å². The SMILES string of the molecule is C1=CCC(c2nc(C3=CCCC(N4c5ccc6c(c5C5C=CC=CC54)OC(C4C=CC=CC4)N6)=C3)cc(-c3ccc(-c4ccccc4)cc3)n2)C=C1. The molecule has 0 spiro atoms. The molecule has 2 aliphatic heterocycles. The Morgan fingerprint density at radius 1 is 0.712 bits per heavy atom. The summed E-state index contributed by atoms with van der Waals surface area (Å²) in [4.78, 5) is 13.0. The number of ether oxygens (including phenoxy) is 1. The number of allylic oxidation sites excluding steroid dienone is 13. The minimum Gasteiger partial charge on any atom is -0.468 e. The molecule has 0 amide bonds. The molecule has 0 saturated heterocycles. The highest BCUT2D eigenvalue weighted by Crippen LogP contribution is 2.55. The average molecular weight is 677 g/mol. The van der Waals surface area contributed by atoms with Gasteiger partial charge < -0.3 is 15.0 Å². The molecule has 0 radical (unpaired) electrons. The molecule has 3 aromatic carbocycles. The lowest BCUT2D eigenvalue weighted by atomic mass is 9.90. The van der Waals surface area contributed by atoms with E-state index in [1.54, 1.807) is 0 Å². The molecule has 4 aliphatic carbocycles. The zero-order valence-corrected chi connectivity index (χ0v) is 29.0. The van der Waals surface area contributed by atoms with Gasteiger partial charge in [0.15, 0.2) is 12.0 Å². The van der Waals surface area contributed by atoms with Crippen LogP contribution >= 0.6 is 0 Å². The van der Waals surface area contributed by atoms with Crippen molar-refractivity contribution in [2.75, 3.05) is 10.2 Å². The van der Waals surface area contributed by atoms with E-state index < -0.39 is 0 Å². The maximum absolute atomic E-state index is 6.78. The quantitative estimate of drug-likeness (QED) is 0.220. The highest BCUT2D eigenvalue weighted by molar-refractivity contribution is 5.83. The fourth-order valence-corrected chi connectivity index (χ4v) is 8.52. The van der Waals surface area contributed by atoms with E-state index in [9.17, 15) is 0 Å². The highest BCUT2D eigenvalue weighted by atomic mass is 16.5. The Balaban J connectivity index is 1.01. The Hall–Kier alpha value is -5.94. The number of fused-ring (bicyclic) bond motifs is 5. The normalized spacial score (nSPS) is 24.8. The second kappa shape index (κ2) is 13.0. The molecular formula is C47H40N4O. The van der Waals surface area contributed by atoms with Gasteiger partial charge in [-0.3, -0.25) is 0 Å². The first-order valence-corrected chi connectivity index (χ1v) is 18.6. The van der Waals surface area contributed by atoms with E-state index in [0.29, 0.717) is 5.92 Å². The minimum absolute atomic E-state index is 0.0630. The lowest BCUT2D eigenvalue weighted by Gasteiger charge is -2.32. The molecule has 254 valence electrons. The Morgan fingerprint density at radius 2 is 1.48 bits per heavy atom. The van der Waals surface area contributed by atoms with Crippen molar-refractivity contribution in [3.8, 4) is 28.1 Å². The summed E-state index contributed by atoms with van der Waals surface area (Å²) in [7, 11) is 0. The van der Waals surface area contributed by atoms with Crippen molar-refractivity contribution in [1.29, 1.82) is 0 Å². The summed E-state index contributed by atoms with van der Waals surface area (Å²) < 4.78 is 6.78. The predicted octanol–water partition coefficient (Wildman–Crippen LogP) is 10.8. The van der Waals surface area contributed by atoms with Crippen molar-refractivity contribution in [2.45, 2.75) is 49.8 Å². The fraction of sp³-hybridized carbons (Fsp3) is 0.191. The molecule has 0 saturated carbocycles. The van der Waals surface area contributed by atoms with Gasteiger partial charge >= 0.3 is 0 Å². The van der Waals surface area contributed by atoms with Crippen LogP contribution in [0.4, 0.5) is 11.4 Å². The molecule has 1 N–H and O–H groups in total. The summed E-state index contributed by atoms with van der Waals surface area (Å²) in [5.74, 6) is 2.54. The average Bonchev–Trinajstić information content (AvgIpc) is 3.82. The molecule has 3 heterocycles. The lowest BCUT2D eigenvalue weighted by molar-refractivity contribution is 0.202. The van der Waals surface area contributed by atoms with Gasteiger partial charge in [0.25, 0.3) is 0 Å². The third kappa shape index (κ3) is 5.48. The first-order chi connectivity index (χ1) is 25.8. The molecule has 10 rings (SSSR count). The van der Waals surface area contributed by atoms with Crippen molar-refractivity contribution in [1.82, 2.24) is 9.97 Å². The van der Waals surface area contributed by atoms with Crippen LogP contribution in [0.2, 0.25) is 0 Å². The maximum Gasteiger partial charge on any atom is 0.176 e. The molecule has 5 atom stereocenters. The zero-order valence-electron chi connectivity index (χ0n) is 29.0. The lowest BCUT2D eigenvalue weighted by Crippen LogP contribution is -2.32. The first kappa shape index (κ1) is 30.8. The van der Waals surface area contributed by atoms with Crippen molar-refractivity contribution in [3.05, 3.63) is 181 Å². The largest absolute Gasteiger partial charge is 0.468 e. The van der Waals surface area contributed by atoms with Gasteiger partial charge in [-0.1, -0.05) is 134 Å². The summed E-state index contributed by atoms with van der Waals surface area (Å²) in [6, 6.07) is 26.2. The molecule has 1 aromatic heterocycles. The molecular weight excluding hydrogens is 637 g/mol. The molecule has 0 bridgehead atoms. The Kier molecular flexibility index (Phi) is 7.71. The molecule has 0 fully saturated rings. The number of hydrogen-bond donors (Lipinski definition) is 1. The number of nitrogens with zero attached hydrogens (tertiary/aromatic N) is 3. The van der Waals surface area contributed by atoms with Crippen LogP contribution < -0.4 is 15.0 Å². The Bertz CT molecular complexity index is 2290. The van der Waals surface area contributed by atoms with E-state index in [1.165, 1.54) is 28.1 Å². The smallest absolute Gasteiger partial charge is 0.176 e. The summed E-state index contributed by atoms with van der Waals surface area (Å²) in [5, 5.41) is 3.70. The van der Waals surface area contributed by atoms with Crippen LogP contribution in [0.1, 0.15) is 54.6 Å². The summed E-state index contributed by atoms with van der Waals surface area (Å²) in [6.07, 6.45) is 34.9. The molecule has 52 heavy (non-hydrogen) atoms. The van der Waals surface area contributed by atoms with Gasteiger partial charge in [-0.25, -0.2) is 9.97 Å². The standard InChI is InChI=1S/C47H40N4O/c1-4-13-31(14-5-1)32-23-25-33(26-24-32)40-30-41(49-46(48-40)34-15-6-2-7-16-34)36-19-12-20-37(29-36)51-42-22-11-10-21-38(42)44-43(51)28-27-39-45(44)52-47(50-39)35-17-8-3-9-18-35/h1-11,13-15,17,19,21-30,34-35,38,42,47,50H,12,16,18,20H2. The summed E-state index contributed by atoms with van der Waals surface area (Å²) in [5.41, 5.74) is 11.5. The van der Waals surface area contributed by atoms with Crippen molar-refractivity contribution in [2.24, 2.45) is 5.92 Å². The van der Waals surface area contributed by atoms with Crippen molar-refractivity contribution < 1.29 is 4.74 Å². The second-order valence-corrected chi connectivity index (χ2v) is 14.4. The topological polar surface area (TPSA) is 50.3 Å². The minimum atomic E-state index is -0.0630. The molecule has 4 aromatic rings. The number of nitrogens with one attached hydrogen (secondary N) is 1. The first-order valence-electron chi connectivity index (χ1n) is 18.6. The van der Waals surface area contributed by atoms with Gasteiger partial charge in [0.1, 0.15) is 5.82 Å². The van der Waals surface area contributed by atoms with Crippen LogP contribution in [-0.2, 0) is 0 Å². The van der Waals surface area contributed by atoms with Gasteiger partial charge in [0, 0.05) is 40.3 Å². The van der Waals surface area contributed by atoms with Crippen molar-refractivity contribution in [3.63, 3.8) is 0 Å². The third-order valence-corrected chi connectivity index (χ3v) is 11.2. The second-order valence-electron chi connectivity index (χ2n) is 14.4. The highest BCUT2D eigenvalue weighted by Gasteiger charge is 2.43. The van der Waals surface area contributed by atoms with Crippen LogP contribution in [0.15, 0.2) is 164 Å². The van der Waals surface area contributed by atoms with Crippen molar-refractivity contribution >= 4 is 16.9 Å². The third-order valence-electron chi connectivity index (χ3n) is 11.2. The number of rotatable bonds is 6. The Labute approximate surface area is 305 Å². The number of aromatic nitrogens is 2. The van der Waals surface area contributed by atoms with Crippen LogP contribution in [-0.4, -0.2) is 22.2 Å². The van der Waals surface area contributed by atoms with E-state index in [1.807, 2.05) is 0 Å².